The second-order valence-corrected chi connectivity index (χ2v) is 8.28. The molecule has 1 heterocycles. The van der Waals surface area contributed by atoms with Gasteiger partial charge in [-0.15, -0.1) is 10.2 Å². The molecule has 4 nitrogen and oxygen atoms in total. The lowest BCUT2D eigenvalue weighted by Gasteiger charge is -2.12. The van der Waals surface area contributed by atoms with Gasteiger partial charge < -0.3 is 9.67 Å². The first kappa shape index (κ1) is 23.5. The molecule has 1 atom stereocenters. The van der Waals surface area contributed by atoms with Crippen molar-refractivity contribution in [2.45, 2.75) is 121 Å². The molecule has 26 heavy (non-hydrogen) atoms. The molecule has 0 fully saturated rings. The molecule has 5 heteroatoms. The fourth-order valence-corrected chi connectivity index (χ4v) is 3.91. The van der Waals surface area contributed by atoms with Crippen molar-refractivity contribution in [3.8, 4) is 0 Å². The van der Waals surface area contributed by atoms with Crippen LogP contribution in [-0.2, 0) is 6.54 Å². The lowest BCUT2D eigenvalue weighted by Crippen LogP contribution is -2.16. The first-order valence-electron chi connectivity index (χ1n) is 10.9. The maximum Gasteiger partial charge on any atom is 0.190 e. The highest BCUT2D eigenvalue weighted by molar-refractivity contribution is 7.98. The van der Waals surface area contributed by atoms with Crippen LogP contribution in [0.3, 0.4) is 0 Å². The van der Waals surface area contributed by atoms with Crippen LogP contribution in [0.15, 0.2) is 11.5 Å². The Hall–Kier alpha value is -0.550. The first-order chi connectivity index (χ1) is 12.8. The normalized spacial score (nSPS) is 12.6. The van der Waals surface area contributed by atoms with Crippen LogP contribution in [0.5, 0.6) is 0 Å². The van der Waals surface area contributed by atoms with E-state index in [1.54, 1.807) is 18.1 Å². The first-order valence-corrected chi connectivity index (χ1v) is 12.1. The standard InChI is InChI=1S/C21H41N3OS/c1-3-4-5-6-7-8-9-10-11-12-13-14-15-16-17-20(25)18-24-19-22-23-21(24)26-2/h19-20,25H,3-18H2,1-2H3. The second-order valence-electron chi connectivity index (χ2n) is 7.51. The Morgan fingerprint density at radius 3 is 1.88 bits per heavy atom. The van der Waals surface area contributed by atoms with Gasteiger partial charge >= 0.3 is 0 Å². The molecule has 152 valence electrons. The van der Waals surface area contributed by atoms with Gasteiger partial charge in [0.25, 0.3) is 0 Å². The molecule has 0 spiro atoms. The monoisotopic (exact) mass is 383 g/mol. The third-order valence-corrected chi connectivity index (χ3v) is 5.74. The number of thioether (sulfide) groups is 1. The van der Waals surface area contributed by atoms with E-state index < -0.39 is 0 Å². The summed E-state index contributed by atoms with van der Waals surface area (Å²) in [5, 5.41) is 19.0. The minimum absolute atomic E-state index is 0.283. The summed E-state index contributed by atoms with van der Waals surface area (Å²) in [5.74, 6) is 0. The summed E-state index contributed by atoms with van der Waals surface area (Å²) in [6, 6.07) is 0. The number of unbranched alkanes of at least 4 members (excludes halogenated alkanes) is 13. The molecule has 0 aromatic carbocycles. The van der Waals surface area contributed by atoms with Crippen LogP contribution in [-0.4, -0.2) is 32.2 Å². The Bertz CT molecular complexity index is 425. The summed E-state index contributed by atoms with van der Waals surface area (Å²) in [6.45, 7) is 2.89. The fraction of sp³-hybridized carbons (Fsp3) is 0.905. The molecule has 0 aliphatic heterocycles. The van der Waals surface area contributed by atoms with E-state index in [1.165, 1.54) is 83.5 Å². The minimum atomic E-state index is -0.283. The van der Waals surface area contributed by atoms with Crippen molar-refractivity contribution in [1.82, 2.24) is 14.8 Å². The molecule has 1 unspecified atom stereocenters. The van der Waals surface area contributed by atoms with Crippen LogP contribution < -0.4 is 0 Å². The van der Waals surface area contributed by atoms with Crippen molar-refractivity contribution >= 4 is 11.8 Å². The number of rotatable bonds is 18. The molecule has 0 saturated heterocycles. The van der Waals surface area contributed by atoms with E-state index in [2.05, 4.69) is 17.1 Å². The summed E-state index contributed by atoms with van der Waals surface area (Å²) >= 11 is 1.57. The molecule has 0 amide bonds. The van der Waals surface area contributed by atoms with Crippen molar-refractivity contribution in [3.63, 3.8) is 0 Å². The van der Waals surface area contributed by atoms with Gasteiger partial charge in [-0.05, 0) is 12.7 Å². The smallest absolute Gasteiger partial charge is 0.190 e. The number of hydrogen-bond acceptors (Lipinski definition) is 4. The average Bonchev–Trinajstić information content (AvgIpc) is 3.09. The largest absolute Gasteiger partial charge is 0.391 e. The van der Waals surface area contributed by atoms with E-state index in [4.69, 9.17) is 0 Å². The predicted octanol–water partition coefficient (Wildman–Crippen LogP) is 6.23. The number of aliphatic hydroxyl groups excluding tert-OH is 1. The Labute approximate surface area is 165 Å². The maximum atomic E-state index is 10.1. The molecule has 0 saturated carbocycles. The Morgan fingerprint density at radius 1 is 0.885 bits per heavy atom. The van der Waals surface area contributed by atoms with E-state index in [1.807, 2.05) is 10.8 Å². The summed E-state index contributed by atoms with van der Waals surface area (Å²) < 4.78 is 1.94. The topological polar surface area (TPSA) is 50.9 Å². The Morgan fingerprint density at radius 2 is 1.38 bits per heavy atom. The zero-order chi connectivity index (χ0) is 18.9. The third kappa shape index (κ3) is 11.9. The van der Waals surface area contributed by atoms with Crippen molar-refractivity contribution < 1.29 is 5.11 Å². The quantitative estimate of drug-likeness (QED) is 0.241. The van der Waals surface area contributed by atoms with Crippen molar-refractivity contribution in [3.05, 3.63) is 6.33 Å². The van der Waals surface area contributed by atoms with Gasteiger partial charge in [0.05, 0.1) is 12.6 Å². The minimum Gasteiger partial charge on any atom is -0.391 e. The lowest BCUT2D eigenvalue weighted by atomic mass is 10.0. The summed E-state index contributed by atoms with van der Waals surface area (Å²) in [5.41, 5.74) is 0. The third-order valence-electron chi connectivity index (χ3n) is 5.06. The second kappa shape index (κ2) is 16.6. The number of nitrogens with zero attached hydrogens (tertiary/aromatic N) is 3. The van der Waals surface area contributed by atoms with Gasteiger partial charge in [-0.2, -0.15) is 0 Å². The van der Waals surface area contributed by atoms with E-state index in [-0.39, 0.29) is 6.10 Å². The number of hydrogen-bond donors (Lipinski definition) is 1. The molecule has 1 rings (SSSR count). The van der Waals surface area contributed by atoms with Gasteiger partial charge in [-0.25, -0.2) is 0 Å². The van der Waals surface area contributed by atoms with Crippen molar-refractivity contribution in [2.24, 2.45) is 0 Å². The van der Waals surface area contributed by atoms with Crippen LogP contribution in [0, 0.1) is 0 Å². The van der Waals surface area contributed by atoms with E-state index in [9.17, 15) is 5.11 Å². The molecule has 1 N–H and O–H groups in total. The molecular weight excluding hydrogens is 342 g/mol. The van der Waals surface area contributed by atoms with Gasteiger partial charge in [0.1, 0.15) is 6.33 Å². The lowest BCUT2D eigenvalue weighted by molar-refractivity contribution is 0.137. The molecule has 0 aliphatic carbocycles. The fourth-order valence-electron chi connectivity index (χ4n) is 3.42. The van der Waals surface area contributed by atoms with Crippen molar-refractivity contribution in [1.29, 1.82) is 0 Å². The Balaban J connectivity index is 1.83. The highest BCUT2D eigenvalue weighted by atomic mass is 32.2. The van der Waals surface area contributed by atoms with Crippen LogP contribution in [0.4, 0.5) is 0 Å². The highest BCUT2D eigenvalue weighted by Crippen LogP contribution is 2.15. The van der Waals surface area contributed by atoms with E-state index in [0.29, 0.717) is 6.54 Å². The molecule has 0 aliphatic rings. The maximum absolute atomic E-state index is 10.1. The van der Waals surface area contributed by atoms with Gasteiger partial charge in [-0.1, -0.05) is 109 Å². The Kier molecular flexibility index (Phi) is 15.0. The van der Waals surface area contributed by atoms with Gasteiger partial charge in [0.15, 0.2) is 5.16 Å². The predicted molar refractivity (Wildman–Crippen MR) is 113 cm³/mol. The SMILES string of the molecule is CCCCCCCCCCCCCCCCC(O)Cn1cnnc1SC. The van der Waals surface area contributed by atoms with E-state index in [0.717, 1.165) is 18.0 Å². The average molecular weight is 384 g/mol. The summed E-state index contributed by atoms with van der Waals surface area (Å²) in [4.78, 5) is 0. The molecule has 0 radical (unpaired) electrons. The van der Waals surface area contributed by atoms with Crippen LogP contribution in [0.25, 0.3) is 0 Å². The van der Waals surface area contributed by atoms with Gasteiger partial charge in [0.2, 0.25) is 0 Å². The summed E-state index contributed by atoms with van der Waals surface area (Å²) in [7, 11) is 0. The molecule has 1 aromatic rings. The number of aromatic nitrogens is 3. The van der Waals surface area contributed by atoms with Crippen molar-refractivity contribution in [2.75, 3.05) is 6.26 Å². The zero-order valence-electron chi connectivity index (χ0n) is 17.2. The van der Waals surface area contributed by atoms with Gasteiger partial charge in [0, 0.05) is 0 Å². The van der Waals surface area contributed by atoms with Crippen LogP contribution in [0.1, 0.15) is 103 Å². The van der Waals surface area contributed by atoms with Crippen LogP contribution in [0.2, 0.25) is 0 Å². The van der Waals surface area contributed by atoms with Gasteiger partial charge in [-0.3, -0.25) is 0 Å². The molecule has 0 bridgehead atoms. The van der Waals surface area contributed by atoms with E-state index >= 15 is 0 Å². The zero-order valence-corrected chi connectivity index (χ0v) is 18.0. The molecule has 1 aromatic heterocycles. The van der Waals surface area contributed by atoms with Crippen LogP contribution >= 0.6 is 11.8 Å². The highest BCUT2D eigenvalue weighted by Gasteiger charge is 2.09. The molecular formula is C21H41N3OS. The number of aliphatic hydroxyl groups is 1. The summed E-state index contributed by atoms with van der Waals surface area (Å²) in [6.07, 6.45) is 23.5.